The Labute approximate surface area is 131 Å². The summed E-state index contributed by atoms with van der Waals surface area (Å²) in [5, 5.41) is 0. The third kappa shape index (κ3) is 2.92. The maximum absolute atomic E-state index is 13.8. The van der Waals surface area contributed by atoms with Gasteiger partial charge in [-0.05, 0) is 12.1 Å². The first-order chi connectivity index (χ1) is 11.0. The summed E-state index contributed by atoms with van der Waals surface area (Å²) in [4.78, 5) is 0. The molecule has 0 aromatic heterocycles. The van der Waals surface area contributed by atoms with Crippen LogP contribution in [0.3, 0.4) is 0 Å². The molecule has 1 heterocycles. The van der Waals surface area contributed by atoms with Gasteiger partial charge in [0.25, 0.3) is 0 Å². The second-order valence-electron chi connectivity index (χ2n) is 4.91. The van der Waals surface area contributed by atoms with Gasteiger partial charge in [-0.25, -0.2) is 0 Å². The standard InChI is InChI=1S/C12H5F11O2/c13-9(14,15)7(10(16,17)18)8(11(19,20)12(21,22)23)24-5-3-1-2-4-6(5)25-8/h1-4,7H. The lowest BCUT2D eigenvalue weighted by molar-refractivity contribution is -0.434. The number of rotatable bonds is 2. The van der Waals surface area contributed by atoms with Gasteiger partial charge in [0, 0.05) is 0 Å². The summed E-state index contributed by atoms with van der Waals surface area (Å²) in [6, 6.07) is 3.04. The summed E-state index contributed by atoms with van der Waals surface area (Å²) in [5.74, 6) is -19.6. The van der Waals surface area contributed by atoms with Gasteiger partial charge in [0.05, 0.1) is 0 Å². The highest BCUT2D eigenvalue weighted by Crippen LogP contribution is 2.60. The lowest BCUT2D eigenvalue weighted by Gasteiger charge is -2.41. The van der Waals surface area contributed by atoms with Crippen LogP contribution in [0.4, 0.5) is 48.3 Å². The lowest BCUT2D eigenvalue weighted by Crippen LogP contribution is -2.71. The van der Waals surface area contributed by atoms with Crippen LogP contribution in [-0.2, 0) is 0 Å². The van der Waals surface area contributed by atoms with Crippen molar-refractivity contribution in [1.82, 2.24) is 0 Å². The zero-order chi connectivity index (χ0) is 19.5. The Morgan fingerprint density at radius 3 is 1.32 bits per heavy atom. The molecule has 0 fully saturated rings. The molecule has 0 unspecified atom stereocenters. The molecule has 1 aromatic rings. The number of hydrogen-bond donors (Lipinski definition) is 0. The first kappa shape index (κ1) is 19.4. The molecule has 142 valence electrons. The highest BCUT2D eigenvalue weighted by Gasteiger charge is 2.86. The SMILES string of the molecule is FC(F)(F)C(C(F)(F)F)C1(C(F)(F)C(F)(F)F)Oc2ccccc2O1. The van der Waals surface area contributed by atoms with Gasteiger partial charge >= 0.3 is 30.2 Å². The molecule has 25 heavy (non-hydrogen) atoms. The molecule has 0 N–H and O–H groups in total. The van der Waals surface area contributed by atoms with Gasteiger partial charge in [-0.2, -0.15) is 48.3 Å². The van der Waals surface area contributed by atoms with Crippen LogP contribution >= 0.6 is 0 Å². The van der Waals surface area contributed by atoms with Crippen LogP contribution in [0.5, 0.6) is 11.5 Å². The van der Waals surface area contributed by atoms with Crippen molar-refractivity contribution in [3.8, 4) is 11.5 Å². The van der Waals surface area contributed by atoms with Crippen molar-refractivity contribution in [1.29, 1.82) is 0 Å². The Bertz CT molecular complexity index is 605. The van der Waals surface area contributed by atoms with E-state index in [0.717, 1.165) is 12.1 Å². The third-order valence-corrected chi connectivity index (χ3v) is 3.20. The second kappa shape index (κ2) is 5.27. The zero-order valence-electron chi connectivity index (χ0n) is 11.4. The van der Waals surface area contributed by atoms with E-state index in [1.165, 1.54) is 0 Å². The van der Waals surface area contributed by atoms with E-state index in [1.807, 2.05) is 0 Å². The van der Waals surface area contributed by atoms with Crippen LogP contribution in [0.15, 0.2) is 24.3 Å². The first-order valence-corrected chi connectivity index (χ1v) is 6.09. The molecule has 0 amide bonds. The fourth-order valence-electron chi connectivity index (χ4n) is 2.21. The number of halogens is 11. The van der Waals surface area contributed by atoms with Crippen molar-refractivity contribution in [3.05, 3.63) is 24.3 Å². The Hall–Kier alpha value is -1.95. The zero-order valence-corrected chi connectivity index (χ0v) is 11.4. The first-order valence-electron chi connectivity index (χ1n) is 6.09. The fourth-order valence-corrected chi connectivity index (χ4v) is 2.21. The average molecular weight is 390 g/mol. The summed E-state index contributed by atoms with van der Waals surface area (Å²) in [6.07, 6.45) is -20.0. The smallest absolute Gasteiger partial charge is 0.442 e. The molecule has 0 atom stereocenters. The topological polar surface area (TPSA) is 18.5 Å². The van der Waals surface area contributed by atoms with Crippen molar-refractivity contribution >= 4 is 0 Å². The van der Waals surface area contributed by atoms with E-state index in [9.17, 15) is 48.3 Å². The molecular weight excluding hydrogens is 385 g/mol. The molecule has 0 saturated carbocycles. The van der Waals surface area contributed by atoms with Gasteiger partial charge in [-0.15, -0.1) is 0 Å². The van der Waals surface area contributed by atoms with Gasteiger partial charge in [-0.1, -0.05) is 12.1 Å². The molecule has 0 radical (unpaired) electrons. The maximum atomic E-state index is 13.8. The molecule has 2 rings (SSSR count). The van der Waals surface area contributed by atoms with Gasteiger partial charge in [-0.3, -0.25) is 0 Å². The Kier molecular flexibility index (Phi) is 4.09. The number of ether oxygens (including phenoxy) is 2. The number of fused-ring (bicyclic) bond motifs is 1. The number of alkyl halides is 11. The monoisotopic (exact) mass is 390 g/mol. The number of para-hydroxylation sites is 2. The van der Waals surface area contributed by atoms with Crippen molar-refractivity contribution < 1.29 is 57.8 Å². The molecule has 1 aliphatic heterocycles. The van der Waals surface area contributed by atoms with Crippen LogP contribution in [0, 0.1) is 5.92 Å². The average Bonchev–Trinajstić information content (AvgIpc) is 2.73. The Balaban J connectivity index is 2.76. The summed E-state index contributed by atoms with van der Waals surface area (Å²) in [6.45, 7) is 0. The summed E-state index contributed by atoms with van der Waals surface area (Å²) in [7, 11) is 0. The van der Waals surface area contributed by atoms with E-state index in [0.29, 0.717) is 12.1 Å². The molecule has 0 bridgehead atoms. The summed E-state index contributed by atoms with van der Waals surface area (Å²) >= 11 is 0. The molecule has 1 aromatic carbocycles. The van der Waals surface area contributed by atoms with Crippen molar-refractivity contribution in [2.24, 2.45) is 5.92 Å². The van der Waals surface area contributed by atoms with E-state index in [-0.39, 0.29) is 0 Å². The normalized spacial score (nSPS) is 17.9. The minimum absolute atomic E-state index is 0.591. The molecule has 2 nitrogen and oxygen atoms in total. The van der Waals surface area contributed by atoms with Gasteiger partial charge in [0.15, 0.2) is 11.5 Å². The Morgan fingerprint density at radius 1 is 0.680 bits per heavy atom. The predicted molar refractivity (Wildman–Crippen MR) is 57.0 cm³/mol. The number of hydrogen-bond acceptors (Lipinski definition) is 2. The number of benzene rings is 1. The third-order valence-electron chi connectivity index (χ3n) is 3.20. The lowest BCUT2D eigenvalue weighted by atomic mass is 9.90. The maximum Gasteiger partial charge on any atom is 0.461 e. The highest BCUT2D eigenvalue weighted by molar-refractivity contribution is 5.44. The highest BCUT2D eigenvalue weighted by atomic mass is 19.4. The van der Waals surface area contributed by atoms with E-state index in [4.69, 9.17) is 0 Å². The molecule has 0 spiro atoms. The van der Waals surface area contributed by atoms with E-state index < -0.39 is 47.7 Å². The quantitative estimate of drug-likeness (QED) is 0.655. The molecule has 13 heteroatoms. The van der Waals surface area contributed by atoms with Gasteiger partial charge in [0.2, 0.25) is 5.92 Å². The summed E-state index contributed by atoms with van der Waals surface area (Å²) < 4.78 is 150. The van der Waals surface area contributed by atoms with Crippen molar-refractivity contribution in [3.63, 3.8) is 0 Å². The molecular formula is C12H5F11O2. The van der Waals surface area contributed by atoms with Crippen molar-refractivity contribution in [2.75, 3.05) is 0 Å². The van der Waals surface area contributed by atoms with Crippen LogP contribution in [0.1, 0.15) is 0 Å². The molecule has 0 aliphatic carbocycles. The second-order valence-corrected chi connectivity index (χ2v) is 4.91. The van der Waals surface area contributed by atoms with E-state index >= 15 is 0 Å². The van der Waals surface area contributed by atoms with E-state index in [2.05, 4.69) is 9.47 Å². The minimum Gasteiger partial charge on any atom is -0.442 e. The van der Waals surface area contributed by atoms with Crippen molar-refractivity contribution in [2.45, 2.75) is 30.2 Å². The van der Waals surface area contributed by atoms with Crippen LogP contribution in [0.25, 0.3) is 0 Å². The summed E-state index contributed by atoms with van der Waals surface area (Å²) in [5.41, 5.74) is 0. The molecule has 0 saturated heterocycles. The largest absolute Gasteiger partial charge is 0.461 e. The van der Waals surface area contributed by atoms with E-state index in [1.54, 1.807) is 0 Å². The van der Waals surface area contributed by atoms with Crippen LogP contribution < -0.4 is 9.47 Å². The van der Waals surface area contributed by atoms with Gasteiger partial charge in [0.1, 0.15) is 0 Å². The van der Waals surface area contributed by atoms with Crippen LogP contribution in [0.2, 0.25) is 0 Å². The fraction of sp³-hybridized carbons (Fsp3) is 0.500. The van der Waals surface area contributed by atoms with Gasteiger partial charge < -0.3 is 9.47 Å². The molecule has 1 aliphatic rings. The minimum atomic E-state index is -6.83. The Morgan fingerprint density at radius 2 is 1.04 bits per heavy atom. The predicted octanol–water partition coefficient (Wildman–Crippen LogP) is 5.09. The van der Waals surface area contributed by atoms with Crippen LogP contribution in [-0.4, -0.2) is 30.2 Å².